The van der Waals surface area contributed by atoms with Gasteiger partial charge in [-0.05, 0) is 77.9 Å². The molecular weight excluding hydrogens is 628 g/mol. The standard InChI is InChI=1S/C36H44N6O7/c1-34(2,3)29-26-20-23(13-14-27(26)42(39-29)31(43)44)41(33(46)49-36(7,8)9)28-15-17-37-30(38-28)22-11-10-12-24(19-22)47-25-16-18-40(21-25)32(45)48-35(4,5)6/h10-15,17,19-20,25H,16,18,21H2,1-9H3,(H,43,44). The third kappa shape index (κ3) is 8.27. The van der Waals surface area contributed by atoms with E-state index in [1.165, 1.54) is 4.90 Å². The van der Waals surface area contributed by atoms with E-state index in [2.05, 4.69) is 10.1 Å². The van der Waals surface area contributed by atoms with Crippen molar-refractivity contribution in [3.63, 3.8) is 0 Å². The Balaban J connectivity index is 1.47. The van der Waals surface area contributed by atoms with Gasteiger partial charge in [0.1, 0.15) is 28.9 Å². The Kier molecular flexibility index (Phi) is 9.33. The number of hydrogen-bond acceptors (Lipinski definition) is 9. The zero-order chi connectivity index (χ0) is 35.9. The Morgan fingerprint density at radius 3 is 2.29 bits per heavy atom. The molecule has 2 aromatic heterocycles. The first-order chi connectivity index (χ1) is 22.8. The molecule has 1 N–H and O–H groups in total. The van der Waals surface area contributed by atoms with Crippen molar-refractivity contribution in [3.05, 3.63) is 60.4 Å². The van der Waals surface area contributed by atoms with Crippen LogP contribution in [0.2, 0.25) is 0 Å². The number of aromatic nitrogens is 4. The summed E-state index contributed by atoms with van der Waals surface area (Å²) in [6.45, 7) is 17.6. The lowest BCUT2D eigenvalue weighted by atomic mass is 9.90. The van der Waals surface area contributed by atoms with Crippen molar-refractivity contribution in [1.29, 1.82) is 0 Å². The number of hydrogen-bond donors (Lipinski definition) is 1. The summed E-state index contributed by atoms with van der Waals surface area (Å²) in [5, 5.41) is 14.8. The zero-order valence-electron chi connectivity index (χ0n) is 29.5. The maximum atomic E-state index is 13.8. The number of fused-ring (bicyclic) bond motifs is 1. The van der Waals surface area contributed by atoms with Gasteiger partial charge in [-0.1, -0.05) is 32.9 Å². The third-order valence-electron chi connectivity index (χ3n) is 7.45. The van der Waals surface area contributed by atoms with Gasteiger partial charge >= 0.3 is 18.3 Å². The summed E-state index contributed by atoms with van der Waals surface area (Å²) >= 11 is 0. The second kappa shape index (κ2) is 13.0. The second-order valence-corrected chi connectivity index (χ2v) is 15.0. The molecule has 1 atom stereocenters. The molecule has 1 aliphatic heterocycles. The van der Waals surface area contributed by atoms with E-state index in [4.69, 9.17) is 19.2 Å². The molecule has 0 aliphatic carbocycles. The Morgan fingerprint density at radius 2 is 1.63 bits per heavy atom. The van der Waals surface area contributed by atoms with Gasteiger partial charge in [-0.15, -0.1) is 0 Å². The third-order valence-corrected chi connectivity index (χ3v) is 7.45. The minimum atomic E-state index is -1.21. The molecule has 13 nitrogen and oxygen atoms in total. The largest absolute Gasteiger partial charge is 0.488 e. The highest BCUT2D eigenvalue weighted by atomic mass is 16.6. The Hall–Kier alpha value is -5.20. The van der Waals surface area contributed by atoms with Gasteiger partial charge in [-0.3, -0.25) is 0 Å². The lowest BCUT2D eigenvalue weighted by Crippen LogP contribution is -2.36. The molecule has 0 radical (unpaired) electrons. The van der Waals surface area contributed by atoms with Gasteiger partial charge in [0, 0.05) is 35.5 Å². The molecule has 4 aromatic rings. The Bertz CT molecular complexity index is 1880. The highest BCUT2D eigenvalue weighted by molar-refractivity contribution is 5.99. The van der Waals surface area contributed by atoms with Crippen LogP contribution in [-0.2, 0) is 14.9 Å². The van der Waals surface area contributed by atoms with Crippen molar-refractivity contribution in [2.45, 2.75) is 91.5 Å². The predicted molar refractivity (Wildman–Crippen MR) is 185 cm³/mol. The highest BCUT2D eigenvalue weighted by Gasteiger charge is 2.32. The van der Waals surface area contributed by atoms with Gasteiger partial charge in [0.2, 0.25) is 0 Å². The van der Waals surface area contributed by atoms with E-state index in [-0.39, 0.29) is 18.0 Å². The molecule has 260 valence electrons. The fraction of sp³-hybridized carbons (Fsp3) is 0.444. The first-order valence-corrected chi connectivity index (χ1v) is 16.2. The number of carbonyl (C=O) groups excluding carboxylic acids is 2. The van der Waals surface area contributed by atoms with Crippen LogP contribution in [0.15, 0.2) is 54.7 Å². The van der Waals surface area contributed by atoms with E-state index in [0.29, 0.717) is 58.9 Å². The lowest BCUT2D eigenvalue weighted by Gasteiger charge is -2.27. The number of ether oxygens (including phenoxy) is 3. The molecule has 0 bridgehead atoms. The molecule has 3 heterocycles. The molecule has 49 heavy (non-hydrogen) atoms. The summed E-state index contributed by atoms with van der Waals surface area (Å²) in [4.78, 5) is 50.6. The molecule has 1 saturated heterocycles. The summed E-state index contributed by atoms with van der Waals surface area (Å²) < 4.78 is 18.5. The van der Waals surface area contributed by atoms with E-state index in [0.717, 1.165) is 4.68 Å². The first kappa shape index (κ1) is 35.1. The van der Waals surface area contributed by atoms with Crippen LogP contribution in [0.1, 0.15) is 74.4 Å². The van der Waals surface area contributed by atoms with Crippen LogP contribution in [0.3, 0.4) is 0 Å². The van der Waals surface area contributed by atoms with E-state index >= 15 is 0 Å². The molecule has 0 saturated carbocycles. The smallest absolute Gasteiger partial charge is 0.432 e. The summed E-state index contributed by atoms with van der Waals surface area (Å²) in [6.07, 6.45) is -0.246. The molecule has 2 aromatic carbocycles. The van der Waals surface area contributed by atoms with Crippen LogP contribution >= 0.6 is 0 Å². The van der Waals surface area contributed by atoms with Gasteiger partial charge in [-0.25, -0.2) is 29.3 Å². The van der Waals surface area contributed by atoms with Crippen LogP contribution < -0.4 is 9.64 Å². The Labute approximate surface area is 285 Å². The van der Waals surface area contributed by atoms with E-state index < -0.39 is 28.8 Å². The minimum absolute atomic E-state index is 0.212. The predicted octanol–water partition coefficient (Wildman–Crippen LogP) is 7.78. The number of anilines is 2. The monoisotopic (exact) mass is 672 g/mol. The maximum absolute atomic E-state index is 13.8. The average Bonchev–Trinajstić information content (AvgIpc) is 3.61. The molecule has 1 unspecified atom stereocenters. The molecule has 1 aliphatic rings. The van der Waals surface area contributed by atoms with Crippen molar-refractivity contribution in [1.82, 2.24) is 24.6 Å². The van der Waals surface area contributed by atoms with Crippen molar-refractivity contribution >= 4 is 40.7 Å². The highest BCUT2D eigenvalue weighted by Crippen LogP contribution is 2.35. The van der Waals surface area contributed by atoms with Crippen molar-refractivity contribution < 1.29 is 33.7 Å². The number of carbonyl (C=O) groups is 3. The second-order valence-electron chi connectivity index (χ2n) is 15.0. The van der Waals surface area contributed by atoms with Crippen LogP contribution in [0.4, 0.5) is 25.9 Å². The van der Waals surface area contributed by atoms with Gasteiger partial charge in [0.05, 0.1) is 23.4 Å². The summed E-state index contributed by atoms with van der Waals surface area (Å²) in [7, 11) is 0. The van der Waals surface area contributed by atoms with Gasteiger partial charge in [0.25, 0.3) is 0 Å². The van der Waals surface area contributed by atoms with E-state index in [9.17, 15) is 19.5 Å². The molecule has 1 fully saturated rings. The van der Waals surface area contributed by atoms with Gasteiger partial charge in [-0.2, -0.15) is 9.78 Å². The Morgan fingerprint density at radius 1 is 0.918 bits per heavy atom. The van der Waals surface area contributed by atoms with Gasteiger partial charge < -0.3 is 24.2 Å². The molecular formula is C36H44N6O7. The number of likely N-dealkylation sites (tertiary alicyclic amines) is 1. The van der Waals surface area contributed by atoms with Crippen molar-refractivity contribution in [2.75, 3.05) is 18.0 Å². The molecule has 5 rings (SSSR count). The van der Waals surface area contributed by atoms with Crippen molar-refractivity contribution in [2.24, 2.45) is 0 Å². The number of benzene rings is 2. The summed E-state index contributed by atoms with van der Waals surface area (Å²) in [5.41, 5.74) is 0.132. The van der Waals surface area contributed by atoms with Crippen LogP contribution in [0.25, 0.3) is 22.3 Å². The number of carboxylic acid groups (broad SMARTS) is 1. The van der Waals surface area contributed by atoms with Crippen LogP contribution in [0, 0.1) is 0 Å². The SMILES string of the molecule is CC(C)(C)OC(=O)N1CCC(Oc2cccc(-c3nccc(N(C(=O)OC(C)(C)C)c4ccc5c(c4)c(C(C)(C)C)nn5C(=O)O)n3)c2)C1. The summed E-state index contributed by atoms with van der Waals surface area (Å²) in [6, 6.07) is 13.9. The van der Waals surface area contributed by atoms with Crippen LogP contribution in [-0.4, -0.2) is 78.4 Å². The quantitative estimate of drug-likeness (QED) is 0.223. The zero-order valence-corrected chi connectivity index (χ0v) is 29.5. The van der Waals surface area contributed by atoms with Gasteiger partial charge in [0.15, 0.2) is 5.82 Å². The number of amides is 2. The topological polar surface area (TPSA) is 149 Å². The van der Waals surface area contributed by atoms with Crippen molar-refractivity contribution in [3.8, 4) is 17.1 Å². The summed E-state index contributed by atoms with van der Waals surface area (Å²) in [5.74, 6) is 1.17. The van der Waals surface area contributed by atoms with Crippen LogP contribution in [0.5, 0.6) is 5.75 Å². The lowest BCUT2D eigenvalue weighted by molar-refractivity contribution is 0.0275. The number of rotatable bonds is 5. The fourth-order valence-electron chi connectivity index (χ4n) is 5.41. The molecule has 13 heteroatoms. The average molecular weight is 673 g/mol. The normalized spacial score (nSPS) is 15.3. The van der Waals surface area contributed by atoms with E-state index in [1.54, 1.807) is 56.1 Å². The minimum Gasteiger partial charge on any atom is -0.488 e. The number of nitrogens with zero attached hydrogens (tertiary/aromatic N) is 6. The molecule has 2 amide bonds. The maximum Gasteiger partial charge on any atom is 0.432 e. The molecule has 0 spiro atoms. The fourth-order valence-corrected chi connectivity index (χ4v) is 5.41. The van der Waals surface area contributed by atoms with E-state index in [1.807, 2.05) is 65.8 Å². The first-order valence-electron chi connectivity index (χ1n) is 16.2.